The van der Waals surface area contributed by atoms with Crippen molar-refractivity contribution in [3.8, 4) is 0 Å². The molecule has 0 fully saturated rings. The number of carbonyl (C=O) groups is 1. The monoisotopic (exact) mass is 130 g/mol. The molecule has 54 valence electrons. The van der Waals surface area contributed by atoms with Crippen LogP contribution in [0.15, 0.2) is 0 Å². The smallest absolute Gasteiger partial charge is 0.120 e. The fourth-order valence-electron chi connectivity index (χ4n) is 0.515. The minimum Gasteiger partial charge on any atom is -0.381 e. The normalized spacial score (nSPS) is 9.44. The average Bonchev–Trinajstić information content (AvgIpc) is 1.89. The van der Waals surface area contributed by atoms with Crippen LogP contribution in [0, 0.1) is 0 Å². The Kier molecular flexibility index (Phi) is 7.32. The molecule has 0 saturated carbocycles. The van der Waals surface area contributed by atoms with Crippen molar-refractivity contribution in [3.63, 3.8) is 0 Å². The second-order valence-corrected chi connectivity index (χ2v) is 1.92. The first-order valence-electron chi connectivity index (χ1n) is 3.43. The molecule has 0 spiro atoms. The Morgan fingerprint density at radius 1 is 1.44 bits per heavy atom. The van der Waals surface area contributed by atoms with E-state index in [-0.39, 0.29) is 0 Å². The zero-order chi connectivity index (χ0) is 6.95. The van der Waals surface area contributed by atoms with Gasteiger partial charge in [0, 0.05) is 19.6 Å². The van der Waals surface area contributed by atoms with E-state index in [1.54, 1.807) is 0 Å². The summed E-state index contributed by atoms with van der Waals surface area (Å²) in [6, 6.07) is 0. The molecule has 0 aromatic rings. The highest BCUT2D eigenvalue weighted by atomic mass is 16.5. The Morgan fingerprint density at radius 3 is 2.78 bits per heavy atom. The predicted molar refractivity (Wildman–Crippen MR) is 36.4 cm³/mol. The lowest BCUT2D eigenvalue weighted by Gasteiger charge is -1.97. The van der Waals surface area contributed by atoms with Crippen molar-refractivity contribution >= 4 is 6.29 Å². The van der Waals surface area contributed by atoms with Gasteiger partial charge in [0.05, 0.1) is 0 Å². The summed E-state index contributed by atoms with van der Waals surface area (Å²) in [5.74, 6) is 0. The molecule has 9 heavy (non-hydrogen) atoms. The van der Waals surface area contributed by atoms with E-state index in [1.807, 2.05) is 0 Å². The highest BCUT2D eigenvalue weighted by molar-refractivity contribution is 5.48. The molecule has 0 N–H and O–H groups in total. The van der Waals surface area contributed by atoms with E-state index < -0.39 is 0 Å². The first-order valence-corrected chi connectivity index (χ1v) is 3.43. The summed E-state index contributed by atoms with van der Waals surface area (Å²) < 4.78 is 5.13. The van der Waals surface area contributed by atoms with E-state index in [4.69, 9.17) is 4.74 Å². The van der Waals surface area contributed by atoms with Crippen LogP contribution in [0.25, 0.3) is 0 Å². The van der Waals surface area contributed by atoms with Crippen LogP contribution >= 0.6 is 0 Å². The first-order chi connectivity index (χ1) is 4.41. The number of unbranched alkanes of at least 4 members (excludes halogenated alkanes) is 1. The highest BCUT2D eigenvalue weighted by Crippen LogP contribution is 1.87. The molecule has 0 aromatic carbocycles. The SMILES string of the molecule is CCCOCCCC=O. The van der Waals surface area contributed by atoms with E-state index in [1.165, 1.54) is 0 Å². The number of rotatable bonds is 6. The van der Waals surface area contributed by atoms with Gasteiger partial charge in [0.2, 0.25) is 0 Å². The van der Waals surface area contributed by atoms with Crippen molar-refractivity contribution in [1.82, 2.24) is 0 Å². The van der Waals surface area contributed by atoms with Crippen LogP contribution in [0.3, 0.4) is 0 Å². The molecule has 0 amide bonds. The van der Waals surface area contributed by atoms with Gasteiger partial charge in [0.15, 0.2) is 0 Å². The Morgan fingerprint density at radius 2 is 2.22 bits per heavy atom. The third kappa shape index (κ3) is 7.63. The fourth-order valence-corrected chi connectivity index (χ4v) is 0.515. The van der Waals surface area contributed by atoms with Gasteiger partial charge in [-0.2, -0.15) is 0 Å². The number of aldehydes is 1. The quantitative estimate of drug-likeness (QED) is 0.401. The molecule has 0 aliphatic rings. The van der Waals surface area contributed by atoms with Crippen LogP contribution in [-0.2, 0) is 9.53 Å². The summed E-state index contributed by atoms with van der Waals surface area (Å²) in [7, 11) is 0. The summed E-state index contributed by atoms with van der Waals surface area (Å²) >= 11 is 0. The molecule has 0 saturated heterocycles. The molecule has 2 nitrogen and oxygen atoms in total. The molecular weight excluding hydrogens is 116 g/mol. The van der Waals surface area contributed by atoms with Gasteiger partial charge >= 0.3 is 0 Å². The third-order valence-corrected chi connectivity index (χ3v) is 0.959. The molecule has 2 heteroatoms. The summed E-state index contributed by atoms with van der Waals surface area (Å²) in [6.45, 7) is 3.62. The Bertz CT molecular complexity index is 61.9. The first kappa shape index (κ1) is 8.63. The zero-order valence-corrected chi connectivity index (χ0v) is 5.93. The van der Waals surface area contributed by atoms with Gasteiger partial charge in [-0.15, -0.1) is 0 Å². The van der Waals surface area contributed by atoms with Crippen molar-refractivity contribution in [2.75, 3.05) is 13.2 Å². The predicted octanol–water partition coefficient (Wildman–Crippen LogP) is 1.39. The molecular formula is C7H14O2. The van der Waals surface area contributed by atoms with Gasteiger partial charge < -0.3 is 9.53 Å². The topological polar surface area (TPSA) is 26.3 Å². The van der Waals surface area contributed by atoms with Crippen molar-refractivity contribution < 1.29 is 9.53 Å². The maximum atomic E-state index is 9.78. The van der Waals surface area contributed by atoms with Crippen LogP contribution in [0.5, 0.6) is 0 Å². The molecule has 0 unspecified atom stereocenters. The zero-order valence-electron chi connectivity index (χ0n) is 5.93. The lowest BCUT2D eigenvalue weighted by molar-refractivity contribution is -0.108. The van der Waals surface area contributed by atoms with E-state index in [9.17, 15) is 4.79 Å². The summed E-state index contributed by atoms with van der Waals surface area (Å²) in [5.41, 5.74) is 0. The largest absolute Gasteiger partial charge is 0.381 e. The number of hydrogen-bond acceptors (Lipinski definition) is 2. The Hall–Kier alpha value is -0.370. The molecule has 0 radical (unpaired) electrons. The lowest BCUT2D eigenvalue weighted by atomic mass is 10.3. The summed E-state index contributed by atoms with van der Waals surface area (Å²) in [6.07, 6.45) is 3.48. The van der Waals surface area contributed by atoms with Gasteiger partial charge in [-0.25, -0.2) is 0 Å². The fraction of sp³-hybridized carbons (Fsp3) is 0.857. The molecule has 0 aromatic heterocycles. The molecule has 0 aliphatic heterocycles. The minimum atomic E-state index is 0.629. The Labute approximate surface area is 56.2 Å². The van der Waals surface area contributed by atoms with E-state index in [2.05, 4.69) is 6.92 Å². The minimum absolute atomic E-state index is 0.629. The molecule has 0 aliphatic carbocycles. The molecule has 0 atom stereocenters. The van der Waals surface area contributed by atoms with Crippen molar-refractivity contribution in [3.05, 3.63) is 0 Å². The van der Waals surface area contributed by atoms with Crippen molar-refractivity contribution in [1.29, 1.82) is 0 Å². The number of ether oxygens (including phenoxy) is 1. The van der Waals surface area contributed by atoms with Gasteiger partial charge in [-0.1, -0.05) is 6.92 Å². The number of hydrogen-bond donors (Lipinski definition) is 0. The standard InChI is InChI=1S/C7H14O2/c1-2-6-9-7-4-3-5-8/h5H,2-4,6-7H2,1H3. The van der Waals surface area contributed by atoms with Crippen LogP contribution < -0.4 is 0 Å². The highest BCUT2D eigenvalue weighted by Gasteiger charge is 1.84. The van der Waals surface area contributed by atoms with Gasteiger partial charge in [0.25, 0.3) is 0 Å². The van der Waals surface area contributed by atoms with E-state index >= 15 is 0 Å². The van der Waals surface area contributed by atoms with E-state index in [0.29, 0.717) is 6.42 Å². The van der Waals surface area contributed by atoms with Crippen molar-refractivity contribution in [2.45, 2.75) is 26.2 Å². The van der Waals surface area contributed by atoms with E-state index in [0.717, 1.165) is 32.3 Å². The molecule has 0 bridgehead atoms. The second kappa shape index (κ2) is 7.63. The van der Waals surface area contributed by atoms with Gasteiger partial charge in [-0.3, -0.25) is 0 Å². The Balaban J connectivity index is 2.66. The lowest BCUT2D eigenvalue weighted by Crippen LogP contribution is -1.95. The van der Waals surface area contributed by atoms with Crippen molar-refractivity contribution in [2.24, 2.45) is 0 Å². The second-order valence-electron chi connectivity index (χ2n) is 1.92. The summed E-state index contributed by atoms with van der Waals surface area (Å²) in [4.78, 5) is 9.78. The summed E-state index contributed by atoms with van der Waals surface area (Å²) in [5, 5.41) is 0. The molecule has 0 rings (SSSR count). The van der Waals surface area contributed by atoms with Crippen LogP contribution in [0.4, 0.5) is 0 Å². The maximum Gasteiger partial charge on any atom is 0.120 e. The van der Waals surface area contributed by atoms with Gasteiger partial charge in [0.1, 0.15) is 6.29 Å². The third-order valence-electron chi connectivity index (χ3n) is 0.959. The average molecular weight is 130 g/mol. The van der Waals surface area contributed by atoms with Gasteiger partial charge in [-0.05, 0) is 12.8 Å². The molecule has 0 heterocycles. The number of carbonyl (C=O) groups excluding carboxylic acids is 1. The van der Waals surface area contributed by atoms with Crippen LogP contribution in [0.2, 0.25) is 0 Å². The maximum absolute atomic E-state index is 9.78. The van der Waals surface area contributed by atoms with Crippen LogP contribution in [0.1, 0.15) is 26.2 Å². The van der Waals surface area contributed by atoms with Crippen LogP contribution in [-0.4, -0.2) is 19.5 Å².